The number of ketones is 1. The summed E-state index contributed by atoms with van der Waals surface area (Å²) in [5.74, 6) is 0.515. The molecule has 2 rings (SSSR count). The summed E-state index contributed by atoms with van der Waals surface area (Å²) in [6.45, 7) is 1.29. The summed E-state index contributed by atoms with van der Waals surface area (Å²) in [5.41, 5.74) is 1.03. The number of Topliss-reactive ketones (excluding diaryl/α,β-unsaturated/α-hetero) is 1. The van der Waals surface area contributed by atoms with E-state index in [0.717, 1.165) is 0 Å². The Morgan fingerprint density at radius 1 is 1.07 bits per heavy atom. The largest absolute Gasteiger partial charge is 0.484 e. The molecule has 0 saturated heterocycles. The highest BCUT2D eigenvalue weighted by molar-refractivity contribution is 7.98. The number of para-hydroxylation sites is 1. The first-order chi connectivity index (χ1) is 13.5. The minimum absolute atomic E-state index is 0.0820. The van der Waals surface area contributed by atoms with E-state index in [-0.39, 0.29) is 24.2 Å². The quantitative estimate of drug-likeness (QED) is 0.599. The Hall–Kier alpha value is -2.80. The lowest BCUT2D eigenvalue weighted by molar-refractivity contribution is -0.127. The van der Waals surface area contributed by atoms with Crippen molar-refractivity contribution in [3.05, 3.63) is 60.2 Å². The average molecular weight is 401 g/mol. The van der Waals surface area contributed by atoms with Crippen molar-refractivity contribution in [2.24, 2.45) is 0 Å². The second-order valence-electron chi connectivity index (χ2n) is 6.13. The number of thioether (sulfide) groups is 1. The highest BCUT2D eigenvalue weighted by Crippen LogP contribution is 2.13. The van der Waals surface area contributed by atoms with Gasteiger partial charge in [-0.2, -0.15) is 11.8 Å². The maximum Gasteiger partial charge on any atom is 0.258 e. The Labute approximate surface area is 169 Å². The molecule has 2 amide bonds. The first kappa shape index (κ1) is 21.5. The van der Waals surface area contributed by atoms with Crippen LogP contribution in [-0.2, 0) is 9.59 Å². The topological polar surface area (TPSA) is 84.5 Å². The summed E-state index contributed by atoms with van der Waals surface area (Å²) in [7, 11) is 0. The zero-order chi connectivity index (χ0) is 20.4. The number of amides is 2. The van der Waals surface area contributed by atoms with Gasteiger partial charge in [-0.25, -0.2) is 0 Å². The Bertz CT molecular complexity index is 811. The van der Waals surface area contributed by atoms with Crippen LogP contribution in [0.1, 0.15) is 23.7 Å². The highest BCUT2D eigenvalue weighted by Gasteiger charge is 2.21. The second-order valence-corrected chi connectivity index (χ2v) is 7.12. The third-order valence-electron chi connectivity index (χ3n) is 3.91. The van der Waals surface area contributed by atoms with Crippen molar-refractivity contribution in [3.8, 4) is 5.75 Å². The van der Waals surface area contributed by atoms with Crippen LogP contribution in [0.25, 0.3) is 0 Å². The van der Waals surface area contributed by atoms with Gasteiger partial charge in [0, 0.05) is 11.3 Å². The third-order valence-corrected chi connectivity index (χ3v) is 4.56. The molecule has 1 atom stereocenters. The second kappa shape index (κ2) is 11.1. The SMILES string of the molecule is CSCC[C@@H](NC(=O)COc1ccccc1)C(=O)Nc1cccc(C(C)=O)c1. The molecule has 0 radical (unpaired) electrons. The molecule has 0 bridgehead atoms. The number of carbonyl (C=O) groups is 3. The van der Waals surface area contributed by atoms with Gasteiger partial charge in [0.05, 0.1) is 0 Å². The number of rotatable bonds is 10. The molecular weight excluding hydrogens is 376 g/mol. The fourth-order valence-corrected chi connectivity index (χ4v) is 2.92. The Morgan fingerprint density at radius 2 is 1.82 bits per heavy atom. The van der Waals surface area contributed by atoms with E-state index in [1.165, 1.54) is 6.92 Å². The van der Waals surface area contributed by atoms with E-state index in [0.29, 0.717) is 29.2 Å². The zero-order valence-corrected chi connectivity index (χ0v) is 16.8. The van der Waals surface area contributed by atoms with Gasteiger partial charge >= 0.3 is 0 Å². The van der Waals surface area contributed by atoms with Gasteiger partial charge in [0.15, 0.2) is 12.4 Å². The number of nitrogens with one attached hydrogen (secondary N) is 2. The minimum atomic E-state index is -0.694. The van der Waals surface area contributed by atoms with Crippen LogP contribution in [0.5, 0.6) is 5.75 Å². The number of carbonyl (C=O) groups excluding carboxylic acids is 3. The monoisotopic (exact) mass is 400 g/mol. The van der Waals surface area contributed by atoms with Crippen molar-refractivity contribution < 1.29 is 19.1 Å². The molecule has 0 aliphatic carbocycles. The van der Waals surface area contributed by atoms with Crippen molar-refractivity contribution in [1.82, 2.24) is 5.32 Å². The summed E-state index contributed by atoms with van der Waals surface area (Å²) in [6, 6.07) is 15.0. The van der Waals surface area contributed by atoms with E-state index in [4.69, 9.17) is 4.74 Å². The van der Waals surface area contributed by atoms with Crippen molar-refractivity contribution >= 4 is 35.0 Å². The summed E-state index contributed by atoms with van der Waals surface area (Å²) in [4.78, 5) is 36.4. The first-order valence-electron chi connectivity index (χ1n) is 8.87. The molecule has 0 spiro atoms. The Balaban J connectivity index is 1.97. The Morgan fingerprint density at radius 3 is 2.50 bits per heavy atom. The van der Waals surface area contributed by atoms with Crippen molar-refractivity contribution in [2.45, 2.75) is 19.4 Å². The Kier molecular flexibility index (Phi) is 8.55. The molecule has 0 aliphatic rings. The van der Waals surface area contributed by atoms with Crippen LogP contribution in [-0.4, -0.2) is 42.3 Å². The molecule has 0 fully saturated rings. The molecule has 0 unspecified atom stereocenters. The number of hydrogen-bond acceptors (Lipinski definition) is 5. The average Bonchev–Trinajstić information content (AvgIpc) is 2.70. The standard InChI is InChI=1S/C21H24N2O4S/c1-15(24)16-7-6-8-17(13-16)22-21(26)19(11-12-28-2)23-20(25)14-27-18-9-4-3-5-10-18/h3-10,13,19H,11-12,14H2,1-2H3,(H,22,26)(H,23,25)/t19-/m1/s1. The number of hydrogen-bond donors (Lipinski definition) is 2. The van der Waals surface area contributed by atoms with E-state index in [1.807, 2.05) is 24.5 Å². The molecule has 6 nitrogen and oxygen atoms in total. The van der Waals surface area contributed by atoms with Crippen LogP contribution in [0.2, 0.25) is 0 Å². The lowest BCUT2D eigenvalue weighted by Crippen LogP contribution is -2.45. The van der Waals surface area contributed by atoms with Crippen molar-refractivity contribution in [1.29, 1.82) is 0 Å². The van der Waals surface area contributed by atoms with Gasteiger partial charge in [-0.3, -0.25) is 14.4 Å². The van der Waals surface area contributed by atoms with Gasteiger partial charge in [0.1, 0.15) is 11.8 Å². The predicted molar refractivity (Wildman–Crippen MR) is 112 cm³/mol. The van der Waals surface area contributed by atoms with Gasteiger partial charge < -0.3 is 15.4 Å². The van der Waals surface area contributed by atoms with Crippen LogP contribution in [0.3, 0.4) is 0 Å². The summed E-state index contributed by atoms with van der Waals surface area (Å²) >= 11 is 1.59. The van der Waals surface area contributed by atoms with Crippen LogP contribution in [0, 0.1) is 0 Å². The molecule has 148 valence electrons. The predicted octanol–water partition coefficient (Wildman–Crippen LogP) is 3.14. The smallest absolute Gasteiger partial charge is 0.258 e. The number of ether oxygens (including phenoxy) is 1. The molecule has 0 saturated carbocycles. The maximum atomic E-state index is 12.6. The van der Waals surface area contributed by atoms with E-state index in [9.17, 15) is 14.4 Å². The van der Waals surface area contributed by atoms with Gasteiger partial charge in [-0.1, -0.05) is 30.3 Å². The van der Waals surface area contributed by atoms with Crippen molar-refractivity contribution in [2.75, 3.05) is 23.9 Å². The van der Waals surface area contributed by atoms with Crippen LogP contribution >= 0.6 is 11.8 Å². The normalized spacial score (nSPS) is 11.4. The number of anilines is 1. The van der Waals surface area contributed by atoms with E-state index in [2.05, 4.69) is 10.6 Å². The van der Waals surface area contributed by atoms with Crippen LogP contribution < -0.4 is 15.4 Å². The van der Waals surface area contributed by atoms with Gasteiger partial charge in [-0.15, -0.1) is 0 Å². The van der Waals surface area contributed by atoms with Crippen molar-refractivity contribution in [3.63, 3.8) is 0 Å². The fraction of sp³-hybridized carbons (Fsp3) is 0.286. The molecule has 7 heteroatoms. The molecule has 0 aliphatic heterocycles. The lowest BCUT2D eigenvalue weighted by atomic mass is 10.1. The molecule has 2 aromatic carbocycles. The van der Waals surface area contributed by atoms with E-state index >= 15 is 0 Å². The summed E-state index contributed by atoms with van der Waals surface area (Å²) < 4.78 is 5.43. The van der Waals surface area contributed by atoms with Gasteiger partial charge in [0.25, 0.3) is 5.91 Å². The summed E-state index contributed by atoms with van der Waals surface area (Å²) in [5, 5.41) is 5.49. The molecule has 28 heavy (non-hydrogen) atoms. The lowest BCUT2D eigenvalue weighted by Gasteiger charge is -2.18. The molecule has 0 aromatic heterocycles. The van der Waals surface area contributed by atoms with E-state index in [1.54, 1.807) is 48.2 Å². The molecule has 2 N–H and O–H groups in total. The number of benzene rings is 2. The highest BCUT2D eigenvalue weighted by atomic mass is 32.2. The van der Waals surface area contributed by atoms with E-state index < -0.39 is 6.04 Å². The zero-order valence-electron chi connectivity index (χ0n) is 15.9. The first-order valence-corrected chi connectivity index (χ1v) is 10.3. The minimum Gasteiger partial charge on any atom is -0.484 e. The van der Waals surface area contributed by atoms with Gasteiger partial charge in [-0.05, 0) is 49.6 Å². The summed E-state index contributed by atoms with van der Waals surface area (Å²) in [6.07, 6.45) is 2.42. The van der Waals surface area contributed by atoms with Crippen LogP contribution in [0.4, 0.5) is 5.69 Å². The third kappa shape index (κ3) is 7.08. The fourth-order valence-electron chi connectivity index (χ4n) is 2.45. The van der Waals surface area contributed by atoms with Gasteiger partial charge in [0.2, 0.25) is 5.91 Å². The van der Waals surface area contributed by atoms with Crippen LogP contribution in [0.15, 0.2) is 54.6 Å². The molecular formula is C21H24N2O4S. The maximum absolute atomic E-state index is 12.6. The molecule has 2 aromatic rings. The molecule has 0 heterocycles.